The summed E-state index contributed by atoms with van der Waals surface area (Å²) in [6.45, 7) is 13.4. The van der Waals surface area contributed by atoms with Gasteiger partial charge in [-0.25, -0.2) is 4.79 Å². The minimum absolute atomic E-state index is 0.0341. The van der Waals surface area contributed by atoms with E-state index in [1.165, 1.54) is 16.7 Å². The quantitative estimate of drug-likeness (QED) is 0.304. The van der Waals surface area contributed by atoms with Crippen LogP contribution in [-0.2, 0) is 15.7 Å². The zero-order valence-electron chi connectivity index (χ0n) is 21.7. The molecule has 190 valence electrons. The number of benzene rings is 2. The lowest BCUT2D eigenvalue weighted by molar-refractivity contribution is -0.0281. The molecule has 1 aliphatic carbocycles. The SMILES string of the molecule is CC(C)(C)[Si](C)(C)O[C@H]1C=C2CCN3Cc4cc5c(cc4[C@H]([C@@H]1OC(=O)c1ccccc1)[C@@H]23)OCO5. The molecule has 4 atom stereocenters. The van der Waals surface area contributed by atoms with Gasteiger partial charge in [0.2, 0.25) is 6.79 Å². The van der Waals surface area contributed by atoms with Gasteiger partial charge in [-0.15, -0.1) is 0 Å². The predicted molar refractivity (Wildman–Crippen MR) is 140 cm³/mol. The third kappa shape index (κ3) is 3.88. The third-order valence-electron chi connectivity index (χ3n) is 8.71. The highest BCUT2D eigenvalue weighted by molar-refractivity contribution is 6.74. The Morgan fingerprint density at radius 1 is 1.08 bits per heavy atom. The maximum atomic E-state index is 13.4. The van der Waals surface area contributed by atoms with Crippen molar-refractivity contribution in [3.05, 3.63) is 70.8 Å². The molecule has 4 aliphatic rings. The first-order chi connectivity index (χ1) is 17.1. The van der Waals surface area contributed by atoms with Crippen LogP contribution in [-0.4, -0.2) is 50.8 Å². The summed E-state index contributed by atoms with van der Waals surface area (Å²) in [5.74, 6) is 1.23. The average Bonchev–Trinajstić information content (AvgIpc) is 3.46. The van der Waals surface area contributed by atoms with Crippen molar-refractivity contribution in [2.45, 2.75) is 76.0 Å². The van der Waals surface area contributed by atoms with E-state index in [1.54, 1.807) is 0 Å². The van der Waals surface area contributed by atoms with Gasteiger partial charge in [0.25, 0.3) is 0 Å². The highest BCUT2D eigenvalue weighted by Crippen LogP contribution is 2.52. The summed E-state index contributed by atoms with van der Waals surface area (Å²) >= 11 is 0. The van der Waals surface area contributed by atoms with Crippen LogP contribution in [0.4, 0.5) is 0 Å². The molecule has 0 N–H and O–H groups in total. The first-order valence-corrected chi connectivity index (χ1v) is 15.8. The third-order valence-corrected chi connectivity index (χ3v) is 13.2. The van der Waals surface area contributed by atoms with Crippen molar-refractivity contribution in [2.24, 2.45) is 0 Å². The Hall–Kier alpha value is -2.61. The first kappa shape index (κ1) is 23.8. The molecular formula is C29H35NO5Si. The van der Waals surface area contributed by atoms with Crippen molar-refractivity contribution in [1.29, 1.82) is 0 Å². The lowest BCUT2D eigenvalue weighted by Gasteiger charge is -2.49. The molecule has 0 unspecified atom stereocenters. The summed E-state index contributed by atoms with van der Waals surface area (Å²) < 4.78 is 24.9. The maximum absolute atomic E-state index is 13.4. The molecule has 6 rings (SSSR count). The van der Waals surface area contributed by atoms with Gasteiger partial charge in [-0.1, -0.05) is 50.6 Å². The molecule has 0 amide bonds. The second-order valence-corrected chi connectivity index (χ2v) is 16.7. The van der Waals surface area contributed by atoms with Crippen molar-refractivity contribution in [3.63, 3.8) is 0 Å². The number of rotatable bonds is 4. The molecule has 1 fully saturated rings. The van der Waals surface area contributed by atoms with E-state index in [2.05, 4.69) is 57.0 Å². The summed E-state index contributed by atoms with van der Waals surface area (Å²) in [6.07, 6.45) is 2.55. The van der Waals surface area contributed by atoms with E-state index in [-0.39, 0.29) is 35.9 Å². The van der Waals surface area contributed by atoms with Gasteiger partial charge < -0.3 is 18.6 Å². The van der Waals surface area contributed by atoms with Crippen molar-refractivity contribution >= 4 is 14.3 Å². The number of fused-ring (bicyclic) bond motifs is 3. The molecule has 6 nitrogen and oxygen atoms in total. The molecule has 0 radical (unpaired) electrons. The highest BCUT2D eigenvalue weighted by atomic mass is 28.4. The van der Waals surface area contributed by atoms with Gasteiger partial charge in [-0.2, -0.15) is 0 Å². The highest BCUT2D eigenvalue weighted by Gasteiger charge is 2.53. The molecule has 36 heavy (non-hydrogen) atoms. The van der Waals surface area contributed by atoms with Crippen molar-refractivity contribution < 1.29 is 23.4 Å². The number of esters is 1. The van der Waals surface area contributed by atoms with E-state index in [0.29, 0.717) is 5.56 Å². The number of ether oxygens (including phenoxy) is 3. The summed E-state index contributed by atoms with van der Waals surface area (Å²) in [4.78, 5) is 15.9. The Morgan fingerprint density at radius 2 is 1.81 bits per heavy atom. The zero-order valence-corrected chi connectivity index (χ0v) is 22.7. The monoisotopic (exact) mass is 505 g/mol. The van der Waals surface area contributed by atoms with Crippen LogP contribution >= 0.6 is 0 Å². The van der Waals surface area contributed by atoms with Gasteiger partial charge in [0.05, 0.1) is 5.56 Å². The van der Waals surface area contributed by atoms with Crippen LogP contribution in [0.25, 0.3) is 0 Å². The molecule has 0 spiro atoms. The van der Waals surface area contributed by atoms with Crippen LogP contribution in [0.3, 0.4) is 0 Å². The Labute approximate surface area is 214 Å². The molecule has 3 heterocycles. The van der Waals surface area contributed by atoms with Crippen LogP contribution < -0.4 is 9.47 Å². The average molecular weight is 506 g/mol. The summed E-state index contributed by atoms with van der Waals surface area (Å²) in [7, 11) is -2.15. The van der Waals surface area contributed by atoms with Gasteiger partial charge in [-0.3, -0.25) is 4.90 Å². The van der Waals surface area contributed by atoms with Crippen LogP contribution in [0.1, 0.15) is 54.6 Å². The number of hydrogen-bond acceptors (Lipinski definition) is 6. The Kier molecular flexibility index (Phi) is 5.59. The molecule has 7 heteroatoms. The van der Waals surface area contributed by atoms with Gasteiger partial charge in [0, 0.05) is 25.0 Å². The molecule has 3 aliphatic heterocycles. The minimum Gasteiger partial charge on any atom is -0.455 e. The molecule has 0 bridgehead atoms. The van der Waals surface area contributed by atoms with Crippen LogP contribution in [0.15, 0.2) is 54.1 Å². The Balaban J connectivity index is 1.45. The van der Waals surface area contributed by atoms with Crippen molar-refractivity contribution in [1.82, 2.24) is 4.90 Å². The Morgan fingerprint density at radius 3 is 2.53 bits per heavy atom. The van der Waals surface area contributed by atoms with E-state index < -0.39 is 14.4 Å². The molecule has 0 aromatic heterocycles. The number of nitrogens with zero attached hydrogens (tertiary/aromatic N) is 1. The molecule has 0 saturated carbocycles. The van der Waals surface area contributed by atoms with Crippen LogP contribution in [0.2, 0.25) is 18.1 Å². The van der Waals surface area contributed by atoms with Gasteiger partial charge in [-0.05, 0) is 59.9 Å². The minimum atomic E-state index is -2.15. The summed E-state index contributed by atoms with van der Waals surface area (Å²) in [5, 5.41) is 0.0362. The van der Waals surface area contributed by atoms with Crippen LogP contribution in [0, 0.1) is 0 Å². The number of carbonyl (C=O) groups is 1. The smallest absolute Gasteiger partial charge is 0.338 e. The molecule has 1 saturated heterocycles. The van der Waals surface area contributed by atoms with E-state index in [4.69, 9.17) is 18.6 Å². The normalized spacial score (nSPS) is 26.8. The zero-order chi connectivity index (χ0) is 25.2. The fraction of sp³-hybridized carbons (Fsp3) is 0.483. The van der Waals surface area contributed by atoms with Crippen molar-refractivity contribution in [3.8, 4) is 11.5 Å². The fourth-order valence-electron chi connectivity index (χ4n) is 5.84. The number of carbonyl (C=O) groups excluding carboxylic acids is 1. The first-order valence-electron chi connectivity index (χ1n) is 12.9. The molecule has 2 aromatic rings. The molecular weight excluding hydrogens is 470 g/mol. The lowest BCUT2D eigenvalue weighted by atomic mass is 9.73. The van der Waals surface area contributed by atoms with Crippen LogP contribution in [0.5, 0.6) is 11.5 Å². The topological polar surface area (TPSA) is 57.2 Å². The van der Waals surface area contributed by atoms with E-state index in [9.17, 15) is 4.79 Å². The van der Waals surface area contributed by atoms with E-state index in [1.807, 2.05) is 30.3 Å². The second kappa shape index (κ2) is 8.47. The van der Waals surface area contributed by atoms with E-state index in [0.717, 1.165) is 31.0 Å². The Bertz CT molecular complexity index is 1220. The second-order valence-electron chi connectivity index (χ2n) is 11.9. The van der Waals surface area contributed by atoms with Gasteiger partial charge in [0.1, 0.15) is 12.2 Å². The van der Waals surface area contributed by atoms with Gasteiger partial charge >= 0.3 is 5.97 Å². The predicted octanol–water partition coefficient (Wildman–Crippen LogP) is 5.64. The maximum Gasteiger partial charge on any atom is 0.338 e. The standard InChI is InChI=1S/C29H35NO5Si/c1-29(2,3)36(4,5)35-24-13-19-11-12-30-16-20-14-22-23(33-17-32-22)15-21(20)25(26(19)30)27(24)34-28(31)18-9-7-6-8-10-18/h6-10,13-15,24-27H,11-12,16-17H2,1-5H3/t24-,25-,26+,27+/m0/s1. The lowest BCUT2D eigenvalue weighted by Crippen LogP contribution is -2.55. The number of hydrogen-bond donors (Lipinski definition) is 0. The van der Waals surface area contributed by atoms with Gasteiger partial charge in [0.15, 0.2) is 19.8 Å². The summed E-state index contributed by atoms with van der Waals surface area (Å²) in [5.41, 5.74) is 4.36. The summed E-state index contributed by atoms with van der Waals surface area (Å²) in [6, 6.07) is 13.7. The fourth-order valence-corrected chi connectivity index (χ4v) is 7.07. The van der Waals surface area contributed by atoms with Crippen molar-refractivity contribution in [2.75, 3.05) is 13.3 Å². The molecule has 2 aromatic carbocycles. The van der Waals surface area contributed by atoms with E-state index >= 15 is 0 Å². The largest absolute Gasteiger partial charge is 0.455 e.